The van der Waals surface area contributed by atoms with Gasteiger partial charge in [-0.2, -0.15) is 0 Å². The molecule has 0 aliphatic carbocycles. The fraction of sp³-hybridized carbons (Fsp3) is 0.350. The molecule has 2 aromatic rings. The Hall–Kier alpha value is -1.29. The van der Waals surface area contributed by atoms with E-state index in [1.54, 1.807) is 0 Å². The first-order valence-electron chi connectivity index (χ1n) is 7.99. The molecule has 0 heterocycles. The monoisotopic (exact) mass is 288 g/mol. The van der Waals surface area contributed by atoms with Crippen LogP contribution in [0.5, 0.6) is 5.75 Å². The summed E-state index contributed by atoms with van der Waals surface area (Å²) in [5.74, 6) is 2.38. The van der Waals surface area contributed by atoms with Crippen LogP contribution in [-0.2, 0) is 0 Å². The molecule has 0 saturated heterocycles. The van der Waals surface area contributed by atoms with E-state index in [9.17, 15) is 0 Å². The summed E-state index contributed by atoms with van der Waals surface area (Å²) in [6.07, 6.45) is 4.92. The first-order chi connectivity index (χ1) is 10.3. The van der Waals surface area contributed by atoms with Crippen molar-refractivity contribution in [1.29, 1.82) is 0 Å². The molecule has 1 nitrogen and oxygen atoms in total. The Kier molecular flexibility index (Phi) is 8.90. The van der Waals surface area contributed by atoms with E-state index in [1.807, 2.05) is 6.92 Å². The Balaban J connectivity index is 0.00000242. The molecule has 112 valence electrons. The van der Waals surface area contributed by atoms with Gasteiger partial charge in [0.2, 0.25) is 0 Å². The second-order valence-electron chi connectivity index (χ2n) is 5.26. The minimum Gasteiger partial charge on any atom is -0.495 e. The van der Waals surface area contributed by atoms with Crippen LogP contribution < -0.4 is 23.6 Å². The number of rotatable bonds is 8. The third kappa shape index (κ3) is 5.48. The summed E-state index contributed by atoms with van der Waals surface area (Å²) < 4.78 is 5.54. The quantitative estimate of drug-likeness (QED) is 0.412. The summed E-state index contributed by atoms with van der Waals surface area (Å²) in [6, 6.07) is 19.2. The Morgan fingerprint density at radius 2 is 1.45 bits per heavy atom. The summed E-state index contributed by atoms with van der Waals surface area (Å²) in [4.78, 5) is 0. The van der Waals surface area contributed by atoms with Crippen LogP contribution in [0.1, 0.15) is 50.7 Å². The van der Waals surface area contributed by atoms with E-state index >= 15 is 0 Å². The summed E-state index contributed by atoms with van der Waals surface area (Å²) in [7, 11) is 0. The van der Waals surface area contributed by atoms with Gasteiger partial charge in [-0.3, -0.25) is 0 Å². The van der Waals surface area contributed by atoms with Gasteiger partial charge in [0.1, 0.15) is 5.75 Å². The average molecular weight is 288 g/mol. The maximum atomic E-state index is 5.54. The molecule has 0 radical (unpaired) electrons. The average Bonchev–Trinajstić information content (AvgIpc) is 2.54. The summed E-state index contributed by atoms with van der Waals surface area (Å²) in [5, 5.41) is 0. The molecule has 0 saturated carbocycles. The Bertz CT molecular complexity index is 507. The minimum atomic E-state index is 0. The van der Waals surface area contributed by atoms with Crippen LogP contribution in [0, 0.1) is 5.92 Å². The molecule has 0 atom stereocenters. The van der Waals surface area contributed by atoms with Gasteiger partial charge in [-0.05, 0) is 6.92 Å². The molecule has 0 aromatic heterocycles. The molecular formula is C20H25LiO. The Morgan fingerprint density at radius 1 is 0.818 bits per heavy atom. The molecule has 2 heteroatoms. The molecule has 0 bridgehead atoms. The molecule has 0 N–H and O–H groups in total. The fourth-order valence-corrected chi connectivity index (χ4v) is 2.57. The van der Waals surface area contributed by atoms with Crippen molar-refractivity contribution in [3.8, 4) is 5.75 Å². The van der Waals surface area contributed by atoms with Gasteiger partial charge in [-0.1, -0.05) is 62.9 Å². The molecule has 2 rings (SSSR count). The van der Waals surface area contributed by atoms with Crippen LogP contribution in [-0.4, -0.2) is 6.61 Å². The van der Waals surface area contributed by atoms with Crippen LogP contribution in [0.4, 0.5) is 0 Å². The predicted molar refractivity (Wildman–Crippen MR) is 89.6 cm³/mol. The Labute approximate surface area is 147 Å². The number of unbranched alkanes of at least 4 members (excludes halogenated alkanes) is 2. The molecule has 0 aliphatic heterocycles. The van der Waals surface area contributed by atoms with Gasteiger partial charge in [0.05, 0.1) is 6.61 Å². The van der Waals surface area contributed by atoms with E-state index in [0.717, 1.165) is 12.2 Å². The maximum Gasteiger partial charge on any atom is 1.00 e. The van der Waals surface area contributed by atoms with Crippen LogP contribution in [0.2, 0.25) is 0 Å². The molecular weight excluding hydrogens is 263 g/mol. The normalized spacial score (nSPS) is 9.91. The zero-order valence-corrected chi connectivity index (χ0v) is 14.1. The molecule has 0 spiro atoms. The first-order valence-corrected chi connectivity index (χ1v) is 7.99. The van der Waals surface area contributed by atoms with Crippen LogP contribution in [0.3, 0.4) is 0 Å². The van der Waals surface area contributed by atoms with Gasteiger partial charge < -0.3 is 4.74 Å². The summed E-state index contributed by atoms with van der Waals surface area (Å²) in [6.45, 7) is 4.98. The van der Waals surface area contributed by atoms with E-state index in [4.69, 9.17) is 4.74 Å². The van der Waals surface area contributed by atoms with Gasteiger partial charge in [-0.15, -0.1) is 41.3 Å². The first kappa shape index (κ1) is 18.8. The smallest absolute Gasteiger partial charge is 0.495 e. The Morgan fingerprint density at radius 3 is 2.05 bits per heavy atom. The van der Waals surface area contributed by atoms with E-state index in [0.29, 0.717) is 6.61 Å². The van der Waals surface area contributed by atoms with Crippen molar-refractivity contribution in [2.24, 2.45) is 0 Å². The molecule has 22 heavy (non-hydrogen) atoms. The molecule has 0 fully saturated rings. The van der Waals surface area contributed by atoms with E-state index in [-0.39, 0.29) is 18.9 Å². The van der Waals surface area contributed by atoms with Gasteiger partial charge in [-0.25, -0.2) is 0 Å². The van der Waals surface area contributed by atoms with Crippen molar-refractivity contribution < 1.29 is 23.6 Å². The van der Waals surface area contributed by atoms with Gasteiger partial charge in [0, 0.05) is 0 Å². The zero-order chi connectivity index (χ0) is 14.9. The largest absolute Gasteiger partial charge is 1.00 e. The third-order valence-corrected chi connectivity index (χ3v) is 3.67. The van der Waals surface area contributed by atoms with Crippen LogP contribution in [0.25, 0.3) is 0 Å². The van der Waals surface area contributed by atoms with E-state index < -0.39 is 0 Å². The second-order valence-corrected chi connectivity index (χ2v) is 5.26. The van der Waals surface area contributed by atoms with Crippen molar-refractivity contribution in [2.75, 3.05) is 6.61 Å². The fourth-order valence-electron chi connectivity index (χ4n) is 2.57. The SMILES string of the molecule is CCCCC[C-](c1ccccc1)c1ccc(OCC)cc1.[Li+]. The van der Waals surface area contributed by atoms with Crippen molar-refractivity contribution >= 4 is 0 Å². The second kappa shape index (κ2) is 10.4. The van der Waals surface area contributed by atoms with Crippen LogP contribution >= 0.6 is 0 Å². The summed E-state index contributed by atoms with van der Waals surface area (Å²) >= 11 is 0. The number of ether oxygens (including phenoxy) is 1. The number of hydrogen-bond acceptors (Lipinski definition) is 1. The summed E-state index contributed by atoms with van der Waals surface area (Å²) in [5.41, 5.74) is 2.64. The maximum absolute atomic E-state index is 5.54. The van der Waals surface area contributed by atoms with Crippen molar-refractivity contribution in [3.63, 3.8) is 0 Å². The van der Waals surface area contributed by atoms with Gasteiger partial charge >= 0.3 is 18.9 Å². The number of hydrogen-bond donors (Lipinski definition) is 0. The predicted octanol–water partition coefficient (Wildman–Crippen LogP) is 2.64. The molecule has 0 aliphatic rings. The van der Waals surface area contributed by atoms with E-state index in [2.05, 4.69) is 61.5 Å². The molecule has 2 aromatic carbocycles. The van der Waals surface area contributed by atoms with Crippen molar-refractivity contribution in [3.05, 3.63) is 71.6 Å². The van der Waals surface area contributed by atoms with Crippen molar-refractivity contribution in [1.82, 2.24) is 0 Å². The zero-order valence-electron chi connectivity index (χ0n) is 14.1. The van der Waals surface area contributed by atoms with Crippen LogP contribution in [0.15, 0.2) is 54.6 Å². The van der Waals surface area contributed by atoms with Gasteiger partial charge in [0.25, 0.3) is 0 Å². The molecule has 0 unspecified atom stereocenters. The molecule has 0 amide bonds. The van der Waals surface area contributed by atoms with E-state index in [1.165, 1.54) is 36.3 Å². The topological polar surface area (TPSA) is 9.23 Å². The van der Waals surface area contributed by atoms with Gasteiger partial charge in [0.15, 0.2) is 0 Å². The minimum absolute atomic E-state index is 0. The van der Waals surface area contributed by atoms with Crippen molar-refractivity contribution in [2.45, 2.75) is 39.5 Å². The third-order valence-electron chi connectivity index (χ3n) is 3.67. The number of benzene rings is 2. The standard InChI is InChI=1S/C20H25O.Li/c1-3-5-7-12-20(17-10-8-6-9-11-17)18-13-15-19(16-14-18)21-4-2;/h6,8-11,13-16H,3-5,7,12H2,1-2H3;/q-1;+1.